The molecule has 0 heterocycles. The molecule has 2 N–H and O–H groups in total. The summed E-state index contributed by atoms with van der Waals surface area (Å²) in [4.78, 5) is 35.6. The number of hydrogen-bond donors (Lipinski definition) is 2. The van der Waals surface area contributed by atoms with Crippen LogP contribution in [0.5, 0.6) is 5.75 Å². The minimum Gasteiger partial charge on any atom is -0.427 e. The van der Waals surface area contributed by atoms with E-state index in [2.05, 4.69) is 26.6 Å². The van der Waals surface area contributed by atoms with Crippen molar-refractivity contribution in [3.8, 4) is 5.75 Å². The lowest BCUT2D eigenvalue weighted by atomic mass is 10.1. The number of ether oxygens (including phenoxy) is 1. The maximum absolute atomic E-state index is 12.4. The van der Waals surface area contributed by atoms with Crippen LogP contribution < -0.4 is 15.4 Å². The molecule has 3 aromatic carbocycles. The van der Waals surface area contributed by atoms with Crippen molar-refractivity contribution in [3.05, 3.63) is 94.0 Å². The first-order valence-corrected chi connectivity index (χ1v) is 10.9. The van der Waals surface area contributed by atoms with Crippen LogP contribution in [0.15, 0.2) is 77.3 Å². The van der Waals surface area contributed by atoms with Crippen molar-refractivity contribution in [2.45, 2.75) is 26.3 Å². The molecule has 3 aromatic rings. The number of carbonyl (C=O) groups excluding carboxylic acids is 3. The number of rotatable bonds is 8. The Bertz CT molecular complexity index is 1100. The normalized spacial score (nSPS) is 10.3. The van der Waals surface area contributed by atoms with Gasteiger partial charge in [-0.05, 0) is 60.0 Å². The van der Waals surface area contributed by atoms with E-state index in [1.165, 1.54) is 13.0 Å². The molecule has 0 fully saturated rings. The van der Waals surface area contributed by atoms with Crippen molar-refractivity contribution in [1.82, 2.24) is 5.32 Å². The summed E-state index contributed by atoms with van der Waals surface area (Å²) in [5, 5.41) is 5.71. The van der Waals surface area contributed by atoms with Crippen molar-refractivity contribution in [1.29, 1.82) is 0 Å². The number of amides is 2. The summed E-state index contributed by atoms with van der Waals surface area (Å²) in [5.74, 6) is -0.445. The van der Waals surface area contributed by atoms with Crippen LogP contribution in [0.2, 0.25) is 0 Å². The first-order chi connectivity index (χ1) is 15.4. The third-order valence-electron chi connectivity index (χ3n) is 4.60. The van der Waals surface area contributed by atoms with Crippen molar-refractivity contribution in [2.24, 2.45) is 0 Å². The Kier molecular flexibility index (Phi) is 8.16. The molecule has 0 unspecified atom stereocenters. The van der Waals surface area contributed by atoms with Gasteiger partial charge in [-0.1, -0.05) is 46.3 Å². The smallest absolute Gasteiger partial charge is 0.308 e. The Labute approximate surface area is 195 Å². The van der Waals surface area contributed by atoms with Crippen molar-refractivity contribution in [3.63, 3.8) is 0 Å². The summed E-state index contributed by atoms with van der Waals surface area (Å²) in [6, 6.07) is 21.6. The number of hydrogen-bond acceptors (Lipinski definition) is 4. The van der Waals surface area contributed by atoms with Crippen molar-refractivity contribution >= 4 is 39.4 Å². The number of esters is 1. The van der Waals surface area contributed by atoms with Gasteiger partial charge in [-0.25, -0.2) is 0 Å². The molecule has 0 aliphatic heterocycles. The zero-order valence-corrected chi connectivity index (χ0v) is 19.1. The van der Waals surface area contributed by atoms with Gasteiger partial charge in [0.25, 0.3) is 5.91 Å². The van der Waals surface area contributed by atoms with Gasteiger partial charge >= 0.3 is 5.97 Å². The van der Waals surface area contributed by atoms with E-state index in [1.54, 1.807) is 30.3 Å². The van der Waals surface area contributed by atoms with E-state index < -0.39 is 5.97 Å². The van der Waals surface area contributed by atoms with Crippen molar-refractivity contribution in [2.75, 3.05) is 5.32 Å². The molecule has 2 amide bonds. The lowest BCUT2D eigenvalue weighted by molar-refractivity contribution is -0.131. The van der Waals surface area contributed by atoms with Crippen LogP contribution in [0, 0.1) is 0 Å². The average molecular weight is 495 g/mol. The minimum absolute atomic E-state index is 0.0540. The SMILES string of the molecule is CC(=O)Oc1cccc(C(=O)NCc2ccc(NC(=O)CCc3ccc(Br)cc3)cc2)c1. The molecule has 0 saturated carbocycles. The molecule has 6 nitrogen and oxygen atoms in total. The molecule has 0 aliphatic carbocycles. The number of benzene rings is 3. The second kappa shape index (κ2) is 11.2. The molecule has 164 valence electrons. The maximum Gasteiger partial charge on any atom is 0.308 e. The second-order valence-corrected chi connectivity index (χ2v) is 8.09. The summed E-state index contributed by atoms with van der Waals surface area (Å²) in [6.45, 7) is 1.63. The number of aryl methyl sites for hydroxylation is 1. The third-order valence-corrected chi connectivity index (χ3v) is 5.13. The molecule has 3 rings (SSSR count). The van der Waals surface area contributed by atoms with Crippen LogP contribution in [-0.2, 0) is 22.6 Å². The highest BCUT2D eigenvalue weighted by molar-refractivity contribution is 9.10. The second-order valence-electron chi connectivity index (χ2n) is 7.18. The summed E-state index contributed by atoms with van der Waals surface area (Å²) in [5.41, 5.74) is 3.10. The lowest BCUT2D eigenvalue weighted by Gasteiger charge is -2.09. The van der Waals surface area contributed by atoms with Crippen LogP contribution in [0.4, 0.5) is 5.69 Å². The zero-order valence-electron chi connectivity index (χ0n) is 17.6. The quantitative estimate of drug-likeness (QED) is 0.345. The molecule has 0 spiro atoms. The molecule has 0 atom stereocenters. The lowest BCUT2D eigenvalue weighted by Crippen LogP contribution is -2.22. The fourth-order valence-electron chi connectivity index (χ4n) is 2.99. The Hall–Kier alpha value is -3.45. The van der Waals surface area contributed by atoms with Crippen LogP contribution in [0.25, 0.3) is 0 Å². The van der Waals surface area contributed by atoms with E-state index in [-0.39, 0.29) is 11.8 Å². The molecule has 0 aromatic heterocycles. The third kappa shape index (κ3) is 7.35. The van der Waals surface area contributed by atoms with Crippen LogP contribution in [0.3, 0.4) is 0 Å². The summed E-state index contributed by atoms with van der Waals surface area (Å²) in [7, 11) is 0. The molecule has 0 aliphatic rings. The highest BCUT2D eigenvalue weighted by Gasteiger charge is 2.08. The van der Waals surface area contributed by atoms with Crippen molar-refractivity contribution < 1.29 is 19.1 Å². The van der Waals surface area contributed by atoms with Gasteiger partial charge in [0.15, 0.2) is 0 Å². The van der Waals surface area contributed by atoms with E-state index in [0.717, 1.165) is 15.6 Å². The Morgan fingerprint density at radius 3 is 2.28 bits per heavy atom. The fraction of sp³-hybridized carbons (Fsp3) is 0.160. The van der Waals surface area contributed by atoms with Crippen LogP contribution in [0.1, 0.15) is 34.8 Å². The Morgan fingerprint density at radius 2 is 1.59 bits per heavy atom. The van der Waals surface area contributed by atoms with Gasteiger partial charge in [-0.15, -0.1) is 0 Å². The van der Waals surface area contributed by atoms with Gasteiger partial charge in [0.05, 0.1) is 0 Å². The van der Waals surface area contributed by atoms with Gasteiger partial charge in [0, 0.05) is 35.6 Å². The fourth-order valence-corrected chi connectivity index (χ4v) is 3.25. The molecule has 32 heavy (non-hydrogen) atoms. The van der Waals surface area contributed by atoms with Gasteiger partial charge in [-0.2, -0.15) is 0 Å². The molecule has 0 radical (unpaired) electrons. The van der Waals surface area contributed by atoms with Gasteiger partial charge < -0.3 is 15.4 Å². The molecule has 0 saturated heterocycles. The number of anilines is 1. The van der Waals surface area contributed by atoms with E-state index >= 15 is 0 Å². The first kappa shape index (κ1) is 23.2. The van der Waals surface area contributed by atoms with Gasteiger partial charge in [0.2, 0.25) is 5.91 Å². The van der Waals surface area contributed by atoms with E-state index in [4.69, 9.17) is 4.74 Å². The predicted molar refractivity (Wildman–Crippen MR) is 126 cm³/mol. The number of nitrogens with one attached hydrogen (secondary N) is 2. The summed E-state index contributed by atoms with van der Waals surface area (Å²) >= 11 is 3.40. The Morgan fingerprint density at radius 1 is 0.906 bits per heavy atom. The predicted octanol–water partition coefficient (Wildman–Crippen LogP) is 4.88. The van der Waals surface area contributed by atoms with Gasteiger partial charge in [-0.3, -0.25) is 14.4 Å². The highest BCUT2D eigenvalue weighted by Crippen LogP contribution is 2.15. The maximum atomic E-state index is 12.4. The molecular formula is C25H23BrN2O4. The topological polar surface area (TPSA) is 84.5 Å². The average Bonchev–Trinajstić information content (AvgIpc) is 2.78. The number of carbonyl (C=O) groups is 3. The van der Waals surface area contributed by atoms with Gasteiger partial charge in [0.1, 0.15) is 5.75 Å². The molecule has 0 bridgehead atoms. The van der Waals surface area contributed by atoms with E-state index in [9.17, 15) is 14.4 Å². The summed E-state index contributed by atoms with van der Waals surface area (Å²) < 4.78 is 6.02. The van der Waals surface area contributed by atoms with E-state index in [1.807, 2.05) is 36.4 Å². The summed E-state index contributed by atoms with van der Waals surface area (Å²) in [6.07, 6.45) is 1.06. The monoisotopic (exact) mass is 494 g/mol. The van der Waals surface area contributed by atoms with Crippen LogP contribution >= 0.6 is 15.9 Å². The number of halogens is 1. The molecular weight excluding hydrogens is 472 g/mol. The van der Waals surface area contributed by atoms with Crippen LogP contribution in [-0.4, -0.2) is 17.8 Å². The zero-order chi connectivity index (χ0) is 22.9. The largest absolute Gasteiger partial charge is 0.427 e. The minimum atomic E-state index is -0.442. The molecule has 7 heteroatoms. The Balaban J connectivity index is 1.47. The first-order valence-electron chi connectivity index (χ1n) is 10.1. The highest BCUT2D eigenvalue weighted by atomic mass is 79.9. The van der Waals surface area contributed by atoms with E-state index in [0.29, 0.717) is 36.4 Å². The standard InChI is InChI=1S/C25H23BrN2O4/c1-17(29)32-23-4-2-3-20(15-23)25(31)27-16-19-7-12-22(13-8-19)28-24(30)14-9-18-5-10-21(26)11-6-18/h2-8,10-13,15H,9,14,16H2,1H3,(H,27,31)(H,28,30).